The second-order valence-electron chi connectivity index (χ2n) is 19.5. The lowest BCUT2D eigenvalue weighted by atomic mass is 10.1. The van der Waals surface area contributed by atoms with Gasteiger partial charge in [-0.1, -0.05) is 256 Å². The fourth-order valence-corrected chi connectivity index (χ4v) is 7.78. The fourth-order valence-electron chi connectivity index (χ4n) is 7.78. The van der Waals surface area contributed by atoms with Crippen molar-refractivity contribution < 1.29 is 28.6 Å². The van der Waals surface area contributed by atoms with Crippen LogP contribution in [0.15, 0.2) is 158 Å². The van der Waals surface area contributed by atoms with Crippen LogP contribution in [-0.2, 0) is 28.6 Å². The Hall–Kier alpha value is -4.97. The van der Waals surface area contributed by atoms with E-state index in [-0.39, 0.29) is 31.1 Å². The van der Waals surface area contributed by atoms with Crippen molar-refractivity contribution in [1.29, 1.82) is 0 Å². The first-order valence-electron chi connectivity index (χ1n) is 30.5. The van der Waals surface area contributed by atoms with Crippen molar-refractivity contribution in [2.24, 2.45) is 0 Å². The molecule has 426 valence electrons. The number of carbonyl (C=O) groups is 3. The molecule has 6 heteroatoms. The van der Waals surface area contributed by atoms with Crippen LogP contribution in [0.5, 0.6) is 0 Å². The van der Waals surface area contributed by atoms with Crippen LogP contribution in [-0.4, -0.2) is 37.2 Å². The SMILES string of the molecule is CC/C=C\C/C=C\C/C=C\C/C=C\C/C=C\C/C=C\C/C=C\C/C=C\C/C=C\C/C=C\CCCCC(=O)OCC(COC(=O)CCCCCCCCCCCC)OC(=O)CCCCCCC/C=C\C/C=C\C/C=C\CC. The van der Waals surface area contributed by atoms with E-state index >= 15 is 0 Å². The number of rotatable bonds is 53. The Labute approximate surface area is 467 Å². The van der Waals surface area contributed by atoms with Gasteiger partial charge in [0.2, 0.25) is 0 Å². The van der Waals surface area contributed by atoms with Crippen LogP contribution >= 0.6 is 0 Å². The Kier molecular flexibility index (Phi) is 58.5. The van der Waals surface area contributed by atoms with E-state index in [1.165, 1.54) is 44.9 Å². The van der Waals surface area contributed by atoms with E-state index < -0.39 is 6.10 Å². The zero-order chi connectivity index (χ0) is 55.0. The van der Waals surface area contributed by atoms with Gasteiger partial charge in [-0.05, 0) is 128 Å². The summed E-state index contributed by atoms with van der Waals surface area (Å²) in [6.45, 7) is 6.34. The fraction of sp³-hybridized carbons (Fsp3) is 0.586. The van der Waals surface area contributed by atoms with Crippen molar-refractivity contribution >= 4 is 17.9 Å². The van der Waals surface area contributed by atoms with Gasteiger partial charge in [0.1, 0.15) is 13.2 Å². The first-order chi connectivity index (χ1) is 37.5. The first-order valence-corrected chi connectivity index (χ1v) is 30.5. The molecule has 0 amide bonds. The minimum absolute atomic E-state index is 0.103. The minimum Gasteiger partial charge on any atom is -0.462 e. The van der Waals surface area contributed by atoms with Crippen LogP contribution < -0.4 is 0 Å². The molecule has 0 aliphatic rings. The highest BCUT2D eigenvalue weighted by Gasteiger charge is 2.19. The van der Waals surface area contributed by atoms with Gasteiger partial charge >= 0.3 is 17.9 Å². The molecule has 0 radical (unpaired) electrons. The third-order valence-electron chi connectivity index (χ3n) is 12.3. The minimum atomic E-state index is -0.810. The van der Waals surface area contributed by atoms with Crippen LogP contribution in [0.25, 0.3) is 0 Å². The Morgan fingerprint density at radius 3 is 0.829 bits per heavy atom. The van der Waals surface area contributed by atoms with Gasteiger partial charge in [0, 0.05) is 19.3 Å². The molecule has 6 nitrogen and oxygen atoms in total. The van der Waals surface area contributed by atoms with Crippen LogP contribution in [0.1, 0.15) is 245 Å². The molecule has 0 bridgehead atoms. The van der Waals surface area contributed by atoms with Crippen LogP contribution in [0.3, 0.4) is 0 Å². The zero-order valence-corrected chi connectivity index (χ0v) is 48.7. The van der Waals surface area contributed by atoms with Gasteiger partial charge in [0.15, 0.2) is 6.10 Å². The molecule has 0 aliphatic carbocycles. The predicted molar refractivity (Wildman–Crippen MR) is 329 cm³/mol. The summed E-state index contributed by atoms with van der Waals surface area (Å²) >= 11 is 0. The summed E-state index contributed by atoms with van der Waals surface area (Å²) in [6, 6.07) is 0. The molecule has 0 fully saturated rings. The monoisotopic (exact) mass is 1050 g/mol. The number of esters is 3. The van der Waals surface area contributed by atoms with Crippen molar-refractivity contribution in [3.05, 3.63) is 158 Å². The van der Waals surface area contributed by atoms with Gasteiger partial charge < -0.3 is 14.2 Å². The van der Waals surface area contributed by atoms with Gasteiger partial charge in [0.25, 0.3) is 0 Å². The maximum absolute atomic E-state index is 12.8. The van der Waals surface area contributed by atoms with Gasteiger partial charge in [0.05, 0.1) is 0 Å². The number of carbonyl (C=O) groups excluding carboxylic acids is 3. The molecule has 0 spiro atoms. The Morgan fingerprint density at radius 2 is 0.513 bits per heavy atom. The van der Waals surface area contributed by atoms with Gasteiger partial charge in [-0.2, -0.15) is 0 Å². The van der Waals surface area contributed by atoms with Gasteiger partial charge in [-0.15, -0.1) is 0 Å². The molecule has 0 rings (SSSR count). The Morgan fingerprint density at radius 1 is 0.276 bits per heavy atom. The van der Waals surface area contributed by atoms with Crippen molar-refractivity contribution in [1.82, 2.24) is 0 Å². The van der Waals surface area contributed by atoms with Crippen molar-refractivity contribution in [3.8, 4) is 0 Å². The molecule has 0 aromatic heterocycles. The average Bonchev–Trinajstić information content (AvgIpc) is 3.42. The summed E-state index contributed by atoms with van der Waals surface area (Å²) in [4.78, 5) is 38.1. The van der Waals surface area contributed by atoms with Crippen molar-refractivity contribution in [2.75, 3.05) is 13.2 Å². The summed E-state index contributed by atoms with van der Waals surface area (Å²) in [5.41, 5.74) is 0. The highest BCUT2D eigenvalue weighted by molar-refractivity contribution is 5.71. The Bertz CT molecular complexity index is 1720. The maximum Gasteiger partial charge on any atom is 0.306 e. The lowest BCUT2D eigenvalue weighted by Gasteiger charge is -2.18. The van der Waals surface area contributed by atoms with E-state index in [4.69, 9.17) is 14.2 Å². The molecule has 0 aliphatic heterocycles. The van der Waals surface area contributed by atoms with Gasteiger partial charge in [-0.3, -0.25) is 14.4 Å². The molecule has 0 aromatic carbocycles. The van der Waals surface area contributed by atoms with E-state index in [0.29, 0.717) is 25.7 Å². The van der Waals surface area contributed by atoms with Crippen LogP contribution in [0.4, 0.5) is 0 Å². The molecule has 0 heterocycles. The lowest BCUT2D eigenvalue weighted by Crippen LogP contribution is -2.30. The van der Waals surface area contributed by atoms with Gasteiger partial charge in [-0.25, -0.2) is 0 Å². The molecule has 76 heavy (non-hydrogen) atoms. The summed E-state index contributed by atoms with van der Waals surface area (Å²) < 4.78 is 16.8. The molecule has 0 aromatic rings. The number of hydrogen-bond donors (Lipinski definition) is 0. The standard InChI is InChI=1S/C70H110O6/c1-4-7-10-13-16-19-22-24-26-27-28-29-30-31-32-33-34-35-36-37-38-39-40-41-42-43-45-46-48-51-54-57-60-63-69(72)75-66-67(65-74-68(71)62-59-56-53-50-21-18-15-12-9-6-3)76-70(73)64-61-58-55-52-49-47-44-25-23-20-17-14-11-8-5-2/h7-8,10-11,16-17,19-20,24-26,28-29,31-32,34-35,37-38,40-41,43-45,48,51,67H,4-6,9,12-15,18,21-23,27,30,33,36,39,42,46-47,49-50,52-66H2,1-3H3/b10-7-,11-8-,19-16-,20-17-,26-24-,29-28-,32-31-,35-34-,38-37-,41-40-,44-25-,45-43-,51-48-. The normalized spacial score (nSPS) is 13.2. The summed E-state index contributed by atoms with van der Waals surface area (Å²) in [5, 5.41) is 0. The van der Waals surface area contributed by atoms with E-state index in [1.54, 1.807) is 0 Å². The molecule has 0 saturated heterocycles. The van der Waals surface area contributed by atoms with Crippen molar-refractivity contribution in [2.45, 2.75) is 252 Å². The third kappa shape index (κ3) is 59.9. The van der Waals surface area contributed by atoms with Crippen molar-refractivity contribution in [3.63, 3.8) is 0 Å². The predicted octanol–water partition coefficient (Wildman–Crippen LogP) is 20.9. The van der Waals surface area contributed by atoms with Crippen LogP contribution in [0, 0.1) is 0 Å². The quantitative estimate of drug-likeness (QED) is 0.0261. The Balaban J connectivity index is 4.35. The molecule has 0 saturated carbocycles. The molecular formula is C70H110O6. The molecule has 0 N–H and O–H groups in total. The largest absolute Gasteiger partial charge is 0.462 e. The summed E-state index contributed by atoms with van der Waals surface area (Å²) in [7, 11) is 0. The van der Waals surface area contributed by atoms with E-state index in [0.717, 1.165) is 154 Å². The third-order valence-corrected chi connectivity index (χ3v) is 12.3. The first kappa shape index (κ1) is 71.0. The number of unbranched alkanes of at least 4 members (excludes halogenated alkanes) is 16. The average molecular weight is 1050 g/mol. The zero-order valence-electron chi connectivity index (χ0n) is 48.7. The summed E-state index contributed by atoms with van der Waals surface area (Å²) in [5.74, 6) is -0.974. The van der Waals surface area contributed by atoms with E-state index in [2.05, 4.69) is 179 Å². The van der Waals surface area contributed by atoms with E-state index in [1.807, 2.05) is 0 Å². The highest BCUT2D eigenvalue weighted by atomic mass is 16.6. The maximum atomic E-state index is 12.8. The van der Waals surface area contributed by atoms with E-state index in [9.17, 15) is 14.4 Å². The second-order valence-corrected chi connectivity index (χ2v) is 19.5. The lowest BCUT2D eigenvalue weighted by molar-refractivity contribution is -0.167. The molecule has 1 atom stereocenters. The smallest absolute Gasteiger partial charge is 0.306 e. The number of ether oxygens (including phenoxy) is 3. The topological polar surface area (TPSA) is 78.9 Å². The van der Waals surface area contributed by atoms with Crippen LogP contribution in [0.2, 0.25) is 0 Å². The molecule has 1 unspecified atom stereocenters. The highest BCUT2D eigenvalue weighted by Crippen LogP contribution is 2.14. The second kappa shape index (κ2) is 62.6. The summed E-state index contributed by atoms with van der Waals surface area (Å²) in [6.07, 6.45) is 91.1. The molecular weight excluding hydrogens is 937 g/mol. The number of allylic oxidation sites excluding steroid dienone is 26. The number of hydrogen-bond acceptors (Lipinski definition) is 6.